The highest BCUT2D eigenvalue weighted by molar-refractivity contribution is 5.98. The minimum atomic E-state index is -0.168. The second kappa shape index (κ2) is 10.4. The van der Waals surface area contributed by atoms with Gasteiger partial charge in [-0.1, -0.05) is 12.2 Å². The van der Waals surface area contributed by atoms with Gasteiger partial charge < -0.3 is 29.2 Å². The molecule has 1 unspecified atom stereocenters. The van der Waals surface area contributed by atoms with Gasteiger partial charge in [0.25, 0.3) is 0 Å². The summed E-state index contributed by atoms with van der Waals surface area (Å²) in [5.74, 6) is 3.17. The van der Waals surface area contributed by atoms with E-state index in [4.69, 9.17) is 18.9 Å². The van der Waals surface area contributed by atoms with E-state index in [0.717, 1.165) is 55.1 Å². The molecule has 2 aliphatic rings. The van der Waals surface area contributed by atoms with Gasteiger partial charge in [-0.05, 0) is 62.2 Å². The molecule has 0 fully saturated rings. The Labute approximate surface area is 201 Å². The quantitative estimate of drug-likeness (QED) is 0.561. The van der Waals surface area contributed by atoms with Gasteiger partial charge in [0.1, 0.15) is 0 Å². The predicted molar refractivity (Wildman–Crippen MR) is 133 cm³/mol. The maximum atomic E-state index is 12.8. The van der Waals surface area contributed by atoms with E-state index in [0.29, 0.717) is 17.4 Å². The molecule has 0 saturated carbocycles. The van der Waals surface area contributed by atoms with Gasteiger partial charge in [-0.15, -0.1) is 0 Å². The molecule has 7 nitrogen and oxygen atoms in total. The van der Waals surface area contributed by atoms with Crippen molar-refractivity contribution in [3.05, 3.63) is 47.0 Å². The van der Waals surface area contributed by atoms with E-state index in [1.165, 1.54) is 11.1 Å². The number of hydrogen-bond donors (Lipinski definition) is 1. The fourth-order valence-corrected chi connectivity index (χ4v) is 4.85. The van der Waals surface area contributed by atoms with Gasteiger partial charge in [0.05, 0.1) is 40.0 Å². The number of likely N-dealkylation sites (N-methyl/N-ethyl adjacent to an activating group) is 1. The molecule has 1 heterocycles. The van der Waals surface area contributed by atoms with Crippen molar-refractivity contribution in [2.45, 2.75) is 25.2 Å². The summed E-state index contributed by atoms with van der Waals surface area (Å²) in [4.78, 5) is 15.2. The van der Waals surface area contributed by atoms with Gasteiger partial charge >= 0.3 is 0 Å². The van der Waals surface area contributed by atoms with Gasteiger partial charge in [0.2, 0.25) is 5.91 Å². The Bertz CT molecular complexity index is 1080. The first-order valence-electron chi connectivity index (χ1n) is 11.7. The number of nitrogens with zero attached hydrogens (tertiary/aromatic N) is 1. The summed E-state index contributed by atoms with van der Waals surface area (Å²) in [6.07, 6.45) is 6.78. The highest BCUT2D eigenvalue weighted by Crippen LogP contribution is 2.42. The number of anilines is 1. The summed E-state index contributed by atoms with van der Waals surface area (Å²) in [5.41, 5.74) is 4.35. The number of rotatable bonds is 10. The van der Waals surface area contributed by atoms with Crippen LogP contribution >= 0.6 is 0 Å². The normalized spacial score (nSPS) is 18.4. The fraction of sp³-hybridized carbons (Fsp3) is 0.444. The largest absolute Gasteiger partial charge is 0.493 e. The maximum absolute atomic E-state index is 12.8. The Morgan fingerprint density at radius 3 is 2.29 bits per heavy atom. The molecule has 0 radical (unpaired) electrons. The molecule has 0 spiro atoms. The zero-order valence-corrected chi connectivity index (χ0v) is 20.6. The second-order valence-electron chi connectivity index (χ2n) is 8.96. The van der Waals surface area contributed by atoms with Crippen LogP contribution in [-0.2, 0) is 11.2 Å². The van der Waals surface area contributed by atoms with Crippen LogP contribution in [0.4, 0.5) is 5.69 Å². The molecule has 4 rings (SSSR count). The van der Waals surface area contributed by atoms with E-state index in [1.807, 2.05) is 24.3 Å². The monoisotopic (exact) mass is 466 g/mol. The van der Waals surface area contributed by atoms with E-state index in [-0.39, 0.29) is 11.8 Å². The molecule has 1 amide bonds. The SMILES string of the molecule is COc1cc2c(cc1OC)NC(=O)C(CCCN(C)C[C@H]1Cc3cc(OC)c(OC)cc31)C=C2. The first-order chi connectivity index (χ1) is 16.5. The van der Waals surface area contributed by atoms with Gasteiger partial charge in [0.15, 0.2) is 23.0 Å². The number of fused-ring (bicyclic) bond motifs is 2. The topological polar surface area (TPSA) is 69.3 Å². The van der Waals surface area contributed by atoms with Crippen LogP contribution in [0.5, 0.6) is 23.0 Å². The molecule has 1 aliphatic carbocycles. The Morgan fingerprint density at radius 1 is 0.941 bits per heavy atom. The zero-order chi connectivity index (χ0) is 24.2. The van der Waals surface area contributed by atoms with Crippen LogP contribution in [-0.4, -0.2) is 59.4 Å². The Balaban J connectivity index is 1.30. The van der Waals surface area contributed by atoms with Crippen molar-refractivity contribution in [3.63, 3.8) is 0 Å². The summed E-state index contributed by atoms with van der Waals surface area (Å²) in [6, 6.07) is 7.90. The molecule has 34 heavy (non-hydrogen) atoms. The van der Waals surface area contributed by atoms with E-state index in [9.17, 15) is 4.79 Å². The van der Waals surface area contributed by atoms with Crippen LogP contribution in [0.1, 0.15) is 35.4 Å². The van der Waals surface area contributed by atoms with Gasteiger partial charge in [-0.3, -0.25) is 4.79 Å². The molecule has 1 aliphatic heterocycles. The fourth-order valence-electron chi connectivity index (χ4n) is 4.85. The first-order valence-corrected chi connectivity index (χ1v) is 11.7. The number of carbonyl (C=O) groups is 1. The van der Waals surface area contributed by atoms with Crippen molar-refractivity contribution in [2.24, 2.45) is 5.92 Å². The molecular weight excluding hydrogens is 432 g/mol. The van der Waals surface area contributed by atoms with E-state index >= 15 is 0 Å². The lowest BCUT2D eigenvalue weighted by Crippen LogP contribution is -2.32. The van der Waals surface area contributed by atoms with Crippen LogP contribution in [0.2, 0.25) is 0 Å². The molecule has 2 aromatic carbocycles. The zero-order valence-electron chi connectivity index (χ0n) is 20.6. The number of amides is 1. The van der Waals surface area contributed by atoms with Crippen molar-refractivity contribution >= 4 is 17.7 Å². The Morgan fingerprint density at radius 2 is 1.59 bits per heavy atom. The summed E-state index contributed by atoms with van der Waals surface area (Å²) < 4.78 is 21.6. The molecule has 1 N–H and O–H groups in total. The third-order valence-electron chi connectivity index (χ3n) is 6.80. The average molecular weight is 467 g/mol. The minimum Gasteiger partial charge on any atom is -0.493 e. The Hall–Kier alpha value is -3.19. The number of ether oxygens (including phenoxy) is 4. The summed E-state index contributed by atoms with van der Waals surface area (Å²) >= 11 is 0. The second-order valence-corrected chi connectivity index (χ2v) is 8.96. The lowest BCUT2D eigenvalue weighted by molar-refractivity contribution is -0.118. The van der Waals surface area contributed by atoms with E-state index in [2.05, 4.69) is 29.4 Å². The van der Waals surface area contributed by atoms with Gasteiger partial charge in [-0.25, -0.2) is 0 Å². The number of hydrogen-bond acceptors (Lipinski definition) is 6. The summed E-state index contributed by atoms with van der Waals surface area (Å²) in [7, 11) is 8.69. The highest BCUT2D eigenvalue weighted by Gasteiger charge is 2.29. The average Bonchev–Trinajstić information content (AvgIpc) is 2.98. The van der Waals surface area contributed by atoms with Crippen molar-refractivity contribution < 1.29 is 23.7 Å². The lowest BCUT2D eigenvalue weighted by Gasteiger charge is -2.34. The molecule has 2 aromatic rings. The molecular formula is C27H34N2O5. The first kappa shape index (κ1) is 24.0. The molecule has 0 bridgehead atoms. The number of benzene rings is 2. The molecule has 7 heteroatoms. The van der Waals surface area contributed by atoms with Crippen LogP contribution in [0, 0.1) is 5.92 Å². The van der Waals surface area contributed by atoms with Gasteiger partial charge in [-0.2, -0.15) is 0 Å². The van der Waals surface area contributed by atoms with Crippen molar-refractivity contribution in [1.29, 1.82) is 0 Å². The molecule has 0 saturated heterocycles. The van der Waals surface area contributed by atoms with Crippen LogP contribution in [0.3, 0.4) is 0 Å². The highest BCUT2D eigenvalue weighted by atomic mass is 16.5. The summed E-state index contributed by atoms with van der Waals surface area (Å²) in [6.45, 7) is 1.92. The van der Waals surface area contributed by atoms with Crippen LogP contribution in [0.15, 0.2) is 30.3 Å². The summed E-state index contributed by atoms with van der Waals surface area (Å²) in [5, 5.41) is 3.05. The molecule has 2 atom stereocenters. The minimum absolute atomic E-state index is 0.0128. The number of nitrogens with one attached hydrogen (secondary N) is 1. The number of carbonyl (C=O) groups excluding carboxylic acids is 1. The van der Waals surface area contributed by atoms with E-state index < -0.39 is 0 Å². The predicted octanol–water partition coefficient (Wildman–Crippen LogP) is 4.35. The van der Waals surface area contributed by atoms with E-state index in [1.54, 1.807) is 28.4 Å². The number of methoxy groups -OCH3 is 4. The third-order valence-corrected chi connectivity index (χ3v) is 6.80. The smallest absolute Gasteiger partial charge is 0.231 e. The lowest BCUT2D eigenvalue weighted by atomic mass is 9.77. The van der Waals surface area contributed by atoms with Gasteiger partial charge in [0, 0.05) is 24.1 Å². The standard InChI is InChI=1S/C27H34N2O5/c1-29(16-20-11-19-13-24(32-3)25(33-4)14-21(19)20)10-6-7-17-8-9-18-12-23(31-2)26(34-5)15-22(18)28-27(17)30/h8-9,12-15,17,20H,6-7,10-11,16H2,1-5H3,(H,28,30)/t17?,20-/m1/s1. The van der Waals surface area contributed by atoms with Crippen molar-refractivity contribution in [2.75, 3.05) is 53.9 Å². The van der Waals surface area contributed by atoms with Crippen LogP contribution < -0.4 is 24.3 Å². The van der Waals surface area contributed by atoms with Crippen molar-refractivity contribution in [1.82, 2.24) is 4.90 Å². The molecule has 182 valence electrons. The molecule has 0 aromatic heterocycles. The van der Waals surface area contributed by atoms with Crippen LogP contribution in [0.25, 0.3) is 6.08 Å². The Kier molecular flexibility index (Phi) is 7.32. The third kappa shape index (κ3) is 4.85. The van der Waals surface area contributed by atoms with Crippen molar-refractivity contribution in [3.8, 4) is 23.0 Å². The maximum Gasteiger partial charge on any atom is 0.231 e.